The van der Waals surface area contributed by atoms with Crippen LogP contribution < -0.4 is 15.4 Å². The molecule has 1 aromatic rings. The zero-order chi connectivity index (χ0) is 12.0. The van der Waals surface area contributed by atoms with Crippen molar-refractivity contribution in [2.75, 3.05) is 19.0 Å². The molecule has 5 heteroatoms. The second kappa shape index (κ2) is 6.07. The molecule has 1 unspecified atom stereocenters. The first kappa shape index (κ1) is 12.4. The molecule has 1 rings (SSSR count). The van der Waals surface area contributed by atoms with Crippen molar-refractivity contribution < 1.29 is 9.53 Å². The Kier molecular flexibility index (Phi) is 4.72. The fourth-order valence-corrected chi connectivity index (χ4v) is 1.07. The summed E-state index contributed by atoms with van der Waals surface area (Å²) in [6.07, 6.45) is 1.57. The maximum absolute atomic E-state index is 11.5. The van der Waals surface area contributed by atoms with E-state index in [1.807, 2.05) is 6.92 Å². The SMILES string of the molecule is CCOc1ccc(NC(=O)C(C)NC)cn1. The highest BCUT2D eigenvalue weighted by Gasteiger charge is 2.10. The normalized spacial score (nSPS) is 11.9. The van der Waals surface area contributed by atoms with E-state index in [1.54, 1.807) is 32.3 Å². The lowest BCUT2D eigenvalue weighted by Gasteiger charge is -2.10. The van der Waals surface area contributed by atoms with Gasteiger partial charge < -0.3 is 15.4 Å². The van der Waals surface area contributed by atoms with E-state index < -0.39 is 0 Å². The molecule has 1 heterocycles. The number of carbonyl (C=O) groups excluding carboxylic acids is 1. The lowest BCUT2D eigenvalue weighted by molar-refractivity contribution is -0.117. The zero-order valence-corrected chi connectivity index (χ0v) is 9.78. The Morgan fingerprint density at radius 1 is 1.56 bits per heavy atom. The molecular weight excluding hydrogens is 206 g/mol. The Morgan fingerprint density at radius 3 is 2.81 bits per heavy atom. The number of ether oxygens (including phenoxy) is 1. The molecule has 0 aliphatic carbocycles. The molecule has 88 valence electrons. The van der Waals surface area contributed by atoms with Crippen molar-refractivity contribution in [1.82, 2.24) is 10.3 Å². The average molecular weight is 223 g/mol. The topological polar surface area (TPSA) is 63.2 Å². The first-order valence-corrected chi connectivity index (χ1v) is 5.24. The van der Waals surface area contributed by atoms with E-state index in [0.29, 0.717) is 18.2 Å². The number of hydrogen-bond acceptors (Lipinski definition) is 4. The van der Waals surface area contributed by atoms with Gasteiger partial charge in [0.05, 0.1) is 24.5 Å². The van der Waals surface area contributed by atoms with Gasteiger partial charge in [0, 0.05) is 6.07 Å². The van der Waals surface area contributed by atoms with Crippen LogP contribution in [-0.2, 0) is 4.79 Å². The lowest BCUT2D eigenvalue weighted by Crippen LogP contribution is -2.35. The van der Waals surface area contributed by atoms with Gasteiger partial charge in [0.2, 0.25) is 11.8 Å². The summed E-state index contributed by atoms with van der Waals surface area (Å²) in [5.41, 5.74) is 0.663. The number of aromatic nitrogens is 1. The minimum Gasteiger partial charge on any atom is -0.478 e. The van der Waals surface area contributed by atoms with Gasteiger partial charge in [-0.2, -0.15) is 0 Å². The fraction of sp³-hybridized carbons (Fsp3) is 0.455. The number of likely N-dealkylation sites (N-methyl/N-ethyl adjacent to an activating group) is 1. The highest BCUT2D eigenvalue weighted by atomic mass is 16.5. The van der Waals surface area contributed by atoms with Crippen molar-refractivity contribution in [1.29, 1.82) is 0 Å². The first-order chi connectivity index (χ1) is 7.67. The van der Waals surface area contributed by atoms with Gasteiger partial charge in [-0.25, -0.2) is 4.98 Å². The largest absolute Gasteiger partial charge is 0.478 e. The summed E-state index contributed by atoms with van der Waals surface area (Å²) in [5, 5.41) is 5.60. The van der Waals surface area contributed by atoms with Crippen LogP contribution in [0.25, 0.3) is 0 Å². The van der Waals surface area contributed by atoms with Crippen LogP contribution in [0.1, 0.15) is 13.8 Å². The van der Waals surface area contributed by atoms with Crippen LogP contribution in [0.15, 0.2) is 18.3 Å². The number of carbonyl (C=O) groups is 1. The highest BCUT2D eigenvalue weighted by molar-refractivity contribution is 5.94. The van der Waals surface area contributed by atoms with Crippen molar-refractivity contribution >= 4 is 11.6 Å². The number of hydrogen-bond donors (Lipinski definition) is 2. The molecule has 0 radical (unpaired) electrons. The number of rotatable bonds is 5. The smallest absolute Gasteiger partial charge is 0.241 e. The van der Waals surface area contributed by atoms with Crippen LogP contribution >= 0.6 is 0 Å². The van der Waals surface area contributed by atoms with Gasteiger partial charge in [0.15, 0.2) is 0 Å². The molecule has 1 amide bonds. The number of nitrogens with zero attached hydrogens (tertiary/aromatic N) is 1. The third kappa shape index (κ3) is 3.51. The molecule has 0 saturated heterocycles. The number of anilines is 1. The zero-order valence-electron chi connectivity index (χ0n) is 9.78. The molecule has 0 aliphatic rings. The van der Waals surface area contributed by atoms with Crippen molar-refractivity contribution in [3.05, 3.63) is 18.3 Å². The summed E-state index contributed by atoms with van der Waals surface area (Å²) in [6.45, 7) is 4.26. The second-order valence-electron chi connectivity index (χ2n) is 3.32. The molecule has 1 aromatic heterocycles. The molecular formula is C11H17N3O2. The van der Waals surface area contributed by atoms with Gasteiger partial charge in [0.25, 0.3) is 0 Å². The minimum absolute atomic E-state index is 0.0894. The molecule has 0 fully saturated rings. The molecule has 16 heavy (non-hydrogen) atoms. The number of nitrogens with one attached hydrogen (secondary N) is 2. The molecule has 0 spiro atoms. The minimum atomic E-state index is -0.230. The standard InChI is InChI=1S/C11H17N3O2/c1-4-16-10-6-5-9(7-13-10)14-11(15)8(2)12-3/h5-8,12H,4H2,1-3H3,(H,14,15). The molecule has 2 N–H and O–H groups in total. The molecule has 1 atom stereocenters. The van der Waals surface area contributed by atoms with Crippen LogP contribution in [0.5, 0.6) is 5.88 Å². The van der Waals surface area contributed by atoms with Crippen molar-refractivity contribution in [2.24, 2.45) is 0 Å². The molecule has 0 bridgehead atoms. The van der Waals surface area contributed by atoms with Gasteiger partial charge in [-0.1, -0.05) is 0 Å². The molecule has 0 saturated carbocycles. The van der Waals surface area contributed by atoms with E-state index in [0.717, 1.165) is 0 Å². The third-order valence-corrected chi connectivity index (χ3v) is 2.12. The van der Waals surface area contributed by atoms with Gasteiger partial charge in [-0.3, -0.25) is 4.79 Å². The summed E-state index contributed by atoms with van der Waals surface area (Å²) in [5.74, 6) is 0.468. The van der Waals surface area contributed by atoms with Gasteiger partial charge >= 0.3 is 0 Å². The van der Waals surface area contributed by atoms with E-state index in [9.17, 15) is 4.79 Å². The van der Waals surface area contributed by atoms with Gasteiger partial charge in [-0.05, 0) is 27.0 Å². The highest BCUT2D eigenvalue weighted by Crippen LogP contribution is 2.11. The predicted octanol–water partition coefficient (Wildman–Crippen LogP) is 1.03. The van der Waals surface area contributed by atoms with Gasteiger partial charge in [0.1, 0.15) is 0 Å². The van der Waals surface area contributed by atoms with E-state index >= 15 is 0 Å². The quantitative estimate of drug-likeness (QED) is 0.782. The number of pyridine rings is 1. The van der Waals surface area contributed by atoms with E-state index in [-0.39, 0.29) is 11.9 Å². The molecule has 5 nitrogen and oxygen atoms in total. The van der Waals surface area contributed by atoms with Crippen LogP contribution in [0.2, 0.25) is 0 Å². The summed E-state index contributed by atoms with van der Waals surface area (Å²) in [6, 6.07) is 3.26. The summed E-state index contributed by atoms with van der Waals surface area (Å²) in [7, 11) is 1.74. The first-order valence-electron chi connectivity index (χ1n) is 5.24. The second-order valence-corrected chi connectivity index (χ2v) is 3.32. The Hall–Kier alpha value is -1.62. The van der Waals surface area contributed by atoms with Crippen LogP contribution in [0.3, 0.4) is 0 Å². The maximum Gasteiger partial charge on any atom is 0.241 e. The van der Waals surface area contributed by atoms with Crippen molar-refractivity contribution in [3.63, 3.8) is 0 Å². The third-order valence-electron chi connectivity index (χ3n) is 2.12. The predicted molar refractivity (Wildman–Crippen MR) is 62.6 cm³/mol. The Balaban J connectivity index is 2.58. The summed E-state index contributed by atoms with van der Waals surface area (Å²) >= 11 is 0. The lowest BCUT2D eigenvalue weighted by atomic mass is 10.3. The Bertz CT molecular complexity index is 338. The summed E-state index contributed by atoms with van der Waals surface area (Å²) < 4.78 is 5.20. The van der Waals surface area contributed by atoms with Crippen LogP contribution in [-0.4, -0.2) is 30.6 Å². The monoisotopic (exact) mass is 223 g/mol. The van der Waals surface area contributed by atoms with Crippen LogP contribution in [0.4, 0.5) is 5.69 Å². The average Bonchev–Trinajstić information content (AvgIpc) is 2.31. The van der Waals surface area contributed by atoms with E-state index in [2.05, 4.69) is 15.6 Å². The van der Waals surface area contributed by atoms with Crippen LogP contribution in [0, 0.1) is 0 Å². The molecule has 0 aromatic carbocycles. The fourth-order valence-electron chi connectivity index (χ4n) is 1.07. The van der Waals surface area contributed by atoms with E-state index in [1.165, 1.54) is 0 Å². The van der Waals surface area contributed by atoms with E-state index in [4.69, 9.17) is 4.74 Å². The summed E-state index contributed by atoms with van der Waals surface area (Å²) in [4.78, 5) is 15.6. The number of amides is 1. The Labute approximate surface area is 95.2 Å². The molecule has 0 aliphatic heterocycles. The van der Waals surface area contributed by atoms with Crippen molar-refractivity contribution in [3.8, 4) is 5.88 Å². The van der Waals surface area contributed by atoms with Crippen molar-refractivity contribution in [2.45, 2.75) is 19.9 Å². The van der Waals surface area contributed by atoms with Gasteiger partial charge in [-0.15, -0.1) is 0 Å². The maximum atomic E-state index is 11.5. The Morgan fingerprint density at radius 2 is 2.31 bits per heavy atom.